The molecule has 5 heteroatoms. The van der Waals surface area contributed by atoms with E-state index in [4.69, 9.17) is 4.74 Å². The molecule has 0 radical (unpaired) electrons. The molecular weight excluding hydrogens is 236 g/mol. The molecule has 0 saturated heterocycles. The molecule has 0 heterocycles. The summed E-state index contributed by atoms with van der Waals surface area (Å²) < 4.78 is 9.49. The van der Waals surface area contributed by atoms with Gasteiger partial charge in [0.05, 0.1) is 5.56 Å². The number of esters is 1. The first-order valence-electron chi connectivity index (χ1n) is 5.12. The van der Waals surface area contributed by atoms with Crippen LogP contribution in [0.15, 0.2) is 30.9 Å². The van der Waals surface area contributed by atoms with E-state index in [0.29, 0.717) is 12.0 Å². The molecule has 0 atom stereocenters. The number of carbonyl (C=O) groups excluding carboxylic acids is 3. The summed E-state index contributed by atoms with van der Waals surface area (Å²) in [5, 5.41) is 0. The van der Waals surface area contributed by atoms with Gasteiger partial charge in [-0.3, -0.25) is 14.4 Å². The van der Waals surface area contributed by atoms with Crippen LogP contribution in [0.5, 0.6) is 5.75 Å². The molecule has 0 N–H and O–H groups in total. The van der Waals surface area contributed by atoms with E-state index >= 15 is 0 Å². The minimum absolute atomic E-state index is 0.0429. The molecule has 1 rings (SSSR count). The normalized spacial score (nSPS) is 9.39. The van der Waals surface area contributed by atoms with Gasteiger partial charge in [0.15, 0.2) is 5.78 Å². The maximum atomic E-state index is 11.6. The third-order valence-electron chi connectivity index (χ3n) is 2.07. The number of hydrogen-bond acceptors (Lipinski definition) is 5. The number of rotatable bonds is 6. The molecule has 1 aromatic carbocycles. The molecule has 0 amide bonds. The highest BCUT2D eigenvalue weighted by atomic mass is 16.5. The second-order valence-electron chi connectivity index (χ2n) is 3.40. The van der Waals surface area contributed by atoms with Crippen molar-refractivity contribution in [3.8, 4) is 5.75 Å². The number of benzene rings is 1. The number of carbonyl (C=O) groups is 3. The Morgan fingerprint density at radius 1 is 1.39 bits per heavy atom. The molecule has 0 aliphatic carbocycles. The van der Waals surface area contributed by atoms with Crippen molar-refractivity contribution in [2.45, 2.75) is 13.5 Å². The Kier molecular flexibility index (Phi) is 4.80. The first-order chi connectivity index (χ1) is 8.58. The number of ether oxygens (including phenoxy) is 2. The third kappa shape index (κ3) is 3.55. The van der Waals surface area contributed by atoms with Gasteiger partial charge in [-0.1, -0.05) is 12.6 Å². The van der Waals surface area contributed by atoms with E-state index in [1.54, 1.807) is 6.07 Å². The summed E-state index contributed by atoms with van der Waals surface area (Å²) in [6.45, 7) is 4.97. The number of hydrogen-bond donors (Lipinski definition) is 0. The lowest BCUT2D eigenvalue weighted by molar-refractivity contribution is -0.132. The number of ketones is 1. The summed E-state index contributed by atoms with van der Waals surface area (Å²) in [7, 11) is 0. The Morgan fingerprint density at radius 2 is 2.11 bits per heavy atom. The molecule has 0 spiro atoms. The Labute approximate surface area is 104 Å². The quantitative estimate of drug-likeness (QED) is 0.252. The van der Waals surface area contributed by atoms with Crippen molar-refractivity contribution in [2.24, 2.45) is 0 Å². The van der Waals surface area contributed by atoms with Gasteiger partial charge in [-0.25, -0.2) is 0 Å². The number of allylic oxidation sites excluding steroid dienone is 1. The zero-order valence-corrected chi connectivity index (χ0v) is 9.84. The van der Waals surface area contributed by atoms with Crippen molar-refractivity contribution in [1.82, 2.24) is 0 Å². The van der Waals surface area contributed by atoms with Gasteiger partial charge < -0.3 is 9.47 Å². The van der Waals surface area contributed by atoms with E-state index in [-0.39, 0.29) is 23.7 Å². The van der Waals surface area contributed by atoms with Crippen LogP contribution in [0.3, 0.4) is 0 Å². The first-order valence-corrected chi connectivity index (χ1v) is 5.12. The van der Waals surface area contributed by atoms with E-state index in [0.717, 1.165) is 6.08 Å². The van der Waals surface area contributed by atoms with Gasteiger partial charge in [0, 0.05) is 6.92 Å². The maximum absolute atomic E-state index is 11.6. The molecule has 0 saturated carbocycles. The molecule has 94 valence electrons. The van der Waals surface area contributed by atoms with Gasteiger partial charge >= 0.3 is 5.97 Å². The predicted molar refractivity (Wildman–Crippen MR) is 63.1 cm³/mol. The van der Waals surface area contributed by atoms with Crippen LogP contribution < -0.4 is 4.74 Å². The zero-order valence-electron chi connectivity index (χ0n) is 9.84. The van der Waals surface area contributed by atoms with E-state index in [1.807, 2.05) is 0 Å². The lowest BCUT2D eigenvalue weighted by Gasteiger charge is -2.08. The molecule has 5 nitrogen and oxygen atoms in total. The second-order valence-corrected chi connectivity index (χ2v) is 3.40. The Balaban J connectivity index is 3.11. The highest BCUT2D eigenvalue weighted by Crippen LogP contribution is 2.22. The van der Waals surface area contributed by atoms with E-state index in [1.165, 1.54) is 19.1 Å². The smallest absolute Gasteiger partial charge is 0.308 e. The lowest BCUT2D eigenvalue weighted by atomic mass is 10.1. The highest BCUT2D eigenvalue weighted by Gasteiger charge is 2.12. The van der Waals surface area contributed by atoms with Crippen molar-refractivity contribution in [3.05, 3.63) is 42.0 Å². The predicted octanol–water partition coefficient (Wildman–Crippen LogP) is 1.65. The van der Waals surface area contributed by atoms with Gasteiger partial charge in [0.25, 0.3) is 6.47 Å². The topological polar surface area (TPSA) is 69.7 Å². The molecule has 0 unspecified atom stereocenters. The molecule has 0 aliphatic heterocycles. The molecule has 1 aromatic rings. The van der Waals surface area contributed by atoms with E-state index < -0.39 is 5.97 Å². The van der Waals surface area contributed by atoms with Crippen LogP contribution in [0, 0.1) is 0 Å². The van der Waals surface area contributed by atoms with Crippen LogP contribution in [-0.4, -0.2) is 18.2 Å². The fourth-order valence-corrected chi connectivity index (χ4v) is 1.34. The molecule has 0 aliphatic rings. The summed E-state index contributed by atoms with van der Waals surface area (Å²) in [5.74, 6) is -0.744. The summed E-state index contributed by atoms with van der Waals surface area (Å²) in [5.41, 5.74) is 0.815. The van der Waals surface area contributed by atoms with Gasteiger partial charge in [-0.05, 0) is 23.8 Å². The minimum Gasteiger partial charge on any atom is -0.463 e. The van der Waals surface area contributed by atoms with E-state index in [9.17, 15) is 14.4 Å². The van der Waals surface area contributed by atoms with Crippen LogP contribution in [0.25, 0.3) is 0 Å². The van der Waals surface area contributed by atoms with Crippen molar-refractivity contribution >= 4 is 18.2 Å². The van der Waals surface area contributed by atoms with Crippen molar-refractivity contribution < 1.29 is 23.9 Å². The second kappa shape index (κ2) is 6.34. The van der Waals surface area contributed by atoms with Crippen molar-refractivity contribution in [3.63, 3.8) is 0 Å². The van der Waals surface area contributed by atoms with Crippen LogP contribution in [0.2, 0.25) is 0 Å². The lowest BCUT2D eigenvalue weighted by Crippen LogP contribution is -2.07. The third-order valence-corrected chi connectivity index (χ3v) is 2.07. The standard InChI is InChI=1S/C13H12O5/c1-3-12(16)11-6-10(7-17-8-14)4-5-13(11)18-9(2)15/h3-6,8H,1,7H2,2H3. The zero-order chi connectivity index (χ0) is 13.5. The van der Waals surface area contributed by atoms with Gasteiger partial charge in [-0.15, -0.1) is 0 Å². The van der Waals surface area contributed by atoms with Crippen molar-refractivity contribution in [1.29, 1.82) is 0 Å². The van der Waals surface area contributed by atoms with Gasteiger partial charge in [0.1, 0.15) is 12.4 Å². The van der Waals surface area contributed by atoms with Gasteiger partial charge in [0.2, 0.25) is 0 Å². The summed E-state index contributed by atoms with van der Waals surface area (Å²) in [6.07, 6.45) is 1.12. The van der Waals surface area contributed by atoms with Crippen LogP contribution in [0.1, 0.15) is 22.8 Å². The summed E-state index contributed by atoms with van der Waals surface area (Å²) >= 11 is 0. The Morgan fingerprint density at radius 3 is 2.67 bits per heavy atom. The van der Waals surface area contributed by atoms with Gasteiger partial charge in [-0.2, -0.15) is 0 Å². The molecule has 0 aromatic heterocycles. The molecule has 0 fully saturated rings. The monoisotopic (exact) mass is 248 g/mol. The molecule has 18 heavy (non-hydrogen) atoms. The molecular formula is C13H12O5. The molecule has 0 bridgehead atoms. The SMILES string of the molecule is C=CC(=O)c1cc(COC=O)ccc1OC(C)=O. The Bertz CT molecular complexity index is 490. The van der Waals surface area contributed by atoms with Crippen LogP contribution in [-0.2, 0) is 20.9 Å². The maximum Gasteiger partial charge on any atom is 0.308 e. The summed E-state index contributed by atoms with van der Waals surface area (Å²) in [4.78, 5) is 32.6. The first kappa shape index (κ1) is 13.6. The average Bonchev–Trinajstić information content (AvgIpc) is 2.36. The highest BCUT2D eigenvalue weighted by molar-refractivity contribution is 6.06. The van der Waals surface area contributed by atoms with Crippen molar-refractivity contribution in [2.75, 3.05) is 0 Å². The fraction of sp³-hybridized carbons (Fsp3) is 0.154. The largest absolute Gasteiger partial charge is 0.463 e. The minimum atomic E-state index is -0.523. The van der Waals surface area contributed by atoms with Crippen LogP contribution in [0.4, 0.5) is 0 Å². The fourth-order valence-electron chi connectivity index (χ4n) is 1.34. The average molecular weight is 248 g/mol. The van der Waals surface area contributed by atoms with Crippen LogP contribution >= 0.6 is 0 Å². The van der Waals surface area contributed by atoms with E-state index in [2.05, 4.69) is 11.3 Å². The Hall–Kier alpha value is -2.43. The summed E-state index contributed by atoms with van der Waals surface area (Å²) in [6, 6.07) is 4.56.